The molecule has 0 saturated heterocycles. The van der Waals surface area contributed by atoms with Gasteiger partial charge in [0, 0.05) is 24.9 Å². The number of hydrogen-bond acceptors (Lipinski definition) is 5. The molecule has 0 radical (unpaired) electrons. The fraction of sp³-hybridized carbons (Fsp3) is 0.393. The lowest BCUT2D eigenvalue weighted by Gasteiger charge is -2.44. The normalized spacial score (nSPS) is 24.1. The zero-order chi connectivity index (χ0) is 26.2. The molecule has 4 rings (SSSR count). The van der Waals surface area contributed by atoms with Crippen LogP contribution in [0, 0.1) is 23.4 Å². The summed E-state index contributed by atoms with van der Waals surface area (Å²) in [6.45, 7) is 5.45. The Hall–Kier alpha value is -3.10. The molecule has 0 unspecified atom stereocenters. The molecule has 8 heteroatoms. The Morgan fingerprint density at radius 1 is 1.14 bits per heavy atom. The number of nitrogens with two attached hydrogens (primary N) is 1. The number of Topliss-reactive ketones (excluding diaryl/α,β-unsaturated/α-hetero) is 1. The van der Waals surface area contributed by atoms with Gasteiger partial charge in [0.2, 0.25) is 0 Å². The smallest absolute Gasteiger partial charge is 0.185 e. The summed E-state index contributed by atoms with van der Waals surface area (Å²) in [5.74, 6) is -3.25. The minimum Gasteiger partial charge on any atom is -0.388 e. The van der Waals surface area contributed by atoms with E-state index in [0.29, 0.717) is 30.4 Å². The zero-order valence-corrected chi connectivity index (χ0v) is 20.6. The van der Waals surface area contributed by atoms with E-state index in [-0.39, 0.29) is 24.0 Å². The molecule has 1 aromatic carbocycles. The SMILES string of the molecule is CCc1cc(F)c(-c2nc(C(=O)Cc3cnccc3[C@H]3C[C@@H](N)[C@](C)(O)[C@@H](C)C3)ccc2F)c(F)c1. The van der Waals surface area contributed by atoms with Crippen LogP contribution in [0.4, 0.5) is 13.2 Å². The van der Waals surface area contributed by atoms with Crippen LogP contribution >= 0.6 is 0 Å². The molecule has 0 bridgehead atoms. The highest BCUT2D eigenvalue weighted by Crippen LogP contribution is 2.42. The van der Waals surface area contributed by atoms with Gasteiger partial charge in [-0.1, -0.05) is 13.8 Å². The Kier molecular flexibility index (Phi) is 7.29. The largest absolute Gasteiger partial charge is 0.388 e. The standard InChI is InChI=1S/C28H30F3N3O2/c1-4-16-10-21(30)26(22(31)11-16)27-20(29)5-6-23(34-27)24(35)12-18-14-33-8-7-19(18)17-9-15(2)28(3,36)25(32)13-17/h5-8,10-11,14-15,17,25,36H,4,9,12-13,32H2,1-3H3/t15-,17+,25+,28+/m0/s1. The number of aryl methyl sites for hydroxylation is 1. The number of carbonyl (C=O) groups excluding carboxylic acids is 1. The lowest BCUT2D eigenvalue weighted by Crippen LogP contribution is -2.54. The van der Waals surface area contributed by atoms with E-state index in [2.05, 4.69) is 9.97 Å². The second-order valence-corrected chi connectivity index (χ2v) is 9.89. The number of aromatic nitrogens is 2. The van der Waals surface area contributed by atoms with E-state index in [1.807, 2.05) is 13.0 Å². The van der Waals surface area contributed by atoms with E-state index in [1.54, 1.807) is 26.2 Å². The quantitative estimate of drug-likeness (QED) is 0.461. The third-order valence-corrected chi connectivity index (χ3v) is 7.54. The van der Waals surface area contributed by atoms with Crippen LogP contribution < -0.4 is 5.73 Å². The van der Waals surface area contributed by atoms with Crippen LogP contribution in [-0.2, 0) is 12.8 Å². The van der Waals surface area contributed by atoms with E-state index in [4.69, 9.17) is 5.73 Å². The molecule has 0 aliphatic heterocycles. The van der Waals surface area contributed by atoms with Crippen molar-refractivity contribution in [2.24, 2.45) is 11.7 Å². The molecular weight excluding hydrogens is 467 g/mol. The molecule has 3 aromatic rings. The first kappa shape index (κ1) is 26.0. The van der Waals surface area contributed by atoms with Crippen molar-refractivity contribution in [1.29, 1.82) is 0 Å². The Morgan fingerprint density at radius 3 is 2.47 bits per heavy atom. The number of nitrogens with zero attached hydrogens (tertiary/aromatic N) is 2. The molecular formula is C28H30F3N3O2. The van der Waals surface area contributed by atoms with Crippen molar-refractivity contribution < 1.29 is 23.1 Å². The van der Waals surface area contributed by atoms with Crippen molar-refractivity contribution in [3.05, 3.63) is 82.6 Å². The summed E-state index contributed by atoms with van der Waals surface area (Å²) in [4.78, 5) is 21.4. The first-order valence-corrected chi connectivity index (χ1v) is 12.1. The number of halogens is 3. The van der Waals surface area contributed by atoms with Gasteiger partial charge in [-0.3, -0.25) is 9.78 Å². The van der Waals surface area contributed by atoms with Gasteiger partial charge in [-0.05, 0) is 85.0 Å². The Balaban J connectivity index is 1.63. The zero-order valence-electron chi connectivity index (χ0n) is 20.6. The van der Waals surface area contributed by atoms with Gasteiger partial charge < -0.3 is 10.8 Å². The first-order valence-electron chi connectivity index (χ1n) is 12.1. The van der Waals surface area contributed by atoms with Crippen molar-refractivity contribution >= 4 is 5.78 Å². The van der Waals surface area contributed by atoms with Gasteiger partial charge >= 0.3 is 0 Å². The van der Waals surface area contributed by atoms with Gasteiger partial charge in [-0.25, -0.2) is 18.2 Å². The van der Waals surface area contributed by atoms with Crippen LogP contribution in [0.3, 0.4) is 0 Å². The highest BCUT2D eigenvalue weighted by Gasteiger charge is 2.42. The van der Waals surface area contributed by atoms with E-state index in [9.17, 15) is 23.1 Å². The molecule has 5 nitrogen and oxygen atoms in total. The van der Waals surface area contributed by atoms with Gasteiger partial charge in [0.05, 0.1) is 11.2 Å². The molecule has 0 spiro atoms. The minimum absolute atomic E-state index is 0.0260. The van der Waals surface area contributed by atoms with Crippen LogP contribution in [0.1, 0.15) is 66.7 Å². The van der Waals surface area contributed by atoms with Crippen molar-refractivity contribution in [2.75, 3.05) is 0 Å². The average Bonchev–Trinajstić information content (AvgIpc) is 2.83. The van der Waals surface area contributed by atoms with Crippen LogP contribution in [0.25, 0.3) is 11.3 Å². The van der Waals surface area contributed by atoms with Gasteiger partial charge in [0.1, 0.15) is 28.8 Å². The molecule has 0 amide bonds. The number of hydrogen-bond donors (Lipinski definition) is 2. The maximum absolute atomic E-state index is 14.7. The van der Waals surface area contributed by atoms with Crippen molar-refractivity contribution in [3.63, 3.8) is 0 Å². The van der Waals surface area contributed by atoms with Gasteiger partial charge in [-0.2, -0.15) is 0 Å². The number of pyridine rings is 2. The maximum Gasteiger partial charge on any atom is 0.185 e. The number of benzene rings is 1. The summed E-state index contributed by atoms with van der Waals surface area (Å²) in [6.07, 6.45) is 4.83. The van der Waals surface area contributed by atoms with Crippen molar-refractivity contribution in [3.8, 4) is 11.3 Å². The Morgan fingerprint density at radius 2 is 1.83 bits per heavy atom. The van der Waals surface area contributed by atoms with Gasteiger partial charge in [0.25, 0.3) is 0 Å². The van der Waals surface area contributed by atoms with E-state index in [1.165, 1.54) is 6.07 Å². The highest BCUT2D eigenvalue weighted by molar-refractivity contribution is 5.96. The lowest BCUT2D eigenvalue weighted by atomic mass is 9.67. The van der Waals surface area contributed by atoms with Gasteiger partial charge in [0.15, 0.2) is 5.78 Å². The fourth-order valence-corrected chi connectivity index (χ4v) is 5.00. The van der Waals surface area contributed by atoms with Crippen LogP contribution in [0.2, 0.25) is 0 Å². The van der Waals surface area contributed by atoms with Crippen LogP contribution in [-0.4, -0.2) is 32.5 Å². The summed E-state index contributed by atoms with van der Waals surface area (Å²) in [5, 5.41) is 10.7. The molecule has 1 saturated carbocycles. The Labute approximate surface area is 208 Å². The summed E-state index contributed by atoms with van der Waals surface area (Å²) < 4.78 is 43.9. The predicted molar refractivity (Wildman–Crippen MR) is 131 cm³/mol. The van der Waals surface area contributed by atoms with E-state index >= 15 is 0 Å². The lowest BCUT2D eigenvalue weighted by molar-refractivity contribution is -0.0464. The van der Waals surface area contributed by atoms with Crippen LogP contribution in [0.5, 0.6) is 0 Å². The molecule has 2 heterocycles. The number of aliphatic hydroxyl groups is 1. The molecule has 1 aliphatic rings. The highest BCUT2D eigenvalue weighted by atomic mass is 19.1. The molecule has 3 N–H and O–H groups in total. The third kappa shape index (κ3) is 4.92. The predicted octanol–water partition coefficient (Wildman–Crippen LogP) is 5.14. The summed E-state index contributed by atoms with van der Waals surface area (Å²) in [6, 6.07) is 5.91. The maximum atomic E-state index is 14.7. The van der Waals surface area contributed by atoms with Crippen LogP contribution in [0.15, 0.2) is 42.7 Å². The number of carbonyl (C=O) groups is 1. The summed E-state index contributed by atoms with van der Waals surface area (Å²) >= 11 is 0. The average molecular weight is 498 g/mol. The van der Waals surface area contributed by atoms with E-state index < -0.39 is 46.1 Å². The number of ketones is 1. The third-order valence-electron chi connectivity index (χ3n) is 7.54. The van der Waals surface area contributed by atoms with Crippen molar-refractivity contribution in [2.45, 2.75) is 64.0 Å². The summed E-state index contributed by atoms with van der Waals surface area (Å²) in [5.41, 5.74) is 6.06. The monoisotopic (exact) mass is 497 g/mol. The number of rotatable bonds is 6. The second-order valence-electron chi connectivity index (χ2n) is 9.89. The Bertz CT molecular complexity index is 1260. The first-order chi connectivity index (χ1) is 17.0. The molecule has 1 fully saturated rings. The molecule has 2 aromatic heterocycles. The second kappa shape index (κ2) is 10.1. The molecule has 190 valence electrons. The molecule has 36 heavy (non-hydrogen) atoms. The molecule has 1 aliphatic carbocycles. The van der Waals surface area contributed by atoms with E-state index in [0.717, 1.165) is 23.8 Å². The fourth-order valence-electron chi connectivity index (χ4n) is 5.00. The summed E-state index contributed by atoms with van der Waals surface area (Å²) in [7, 11) is 0. The molecule has 4 atom stereocenters. The van der Waals surface area contributed by atoms with Crippen molar-refractivity contribution in [1.82, 2.24) is 9.97 Å². The topological polar surface area (TPSA) is 89.1 Å². The minimum atomic E-state index is -0.978. The van der Waals surface area contributed by atoms with Gasteiger partial charge in [-0.15, -0.1) is 0 Å².